The molecule has 226 valence electrons. The van der Waals surface area contributed by atoms with Crippen molar-refractivity contribution in [1.82, 2.24) is 0 Å². The maximum Gasteiger partial charge on any atom is 0.224 e. The van der Waals surface area contributed by atoms with E-state index in [4.69, 9.17) is 14.2 Å². The molecule has 8 N–H and O–H groups in total. The van der Waals surface area contributed by atoms with Gasteiger partial charge in [0.25, 0.3) is 0 Å². The monoisotopic (exact) mass is 584 g/mol. The molecule has 3 aromatic carbocycles. The van der Waals surface area contributed by atoms with Gasteiger partial charge in [-0.1, -0.05) is 91.0 Å². The van der Waals surface area contributed by atoms with E-state index in [9.17, 15) is 40.9 Å². The van der Waals surface area contributed by atoms with Crippen LogP contribution in [0.15, 0.2) is 91.0 Å². The van der Waals surface area contributed by atoms with E-state index in [0.29, 0.717) is 16.7 Å². The SMILES string of the molecule is OC[C@H]1OC(CO)(O[C@]2(C(c3ccccc3)(c3ccccc3)c3ccccc3)O[C@H](CO)[C@@H](O)[C@H](O)[C@H]2O)[C@@H](O)[C@@H]1O. The molecule has 11 nitrogen and oxygen atoms in total. The minimum atomic E-state index is -2.59. The van der Waals surface area contributed by atoms with Gasteiger partial charge in [0.05, 0.1) is 13.2 Å². The Kier molecular flexibility index (Phi) is 8.82. The number of hydrogen-bond acceptors (Lipinski definition) is 11. The lowest BCUT2D eigenvalue weighted by molar-refractivity contribution is -0.445. The van der Waals surface area contributed by atoms with Gasteiger partial charge in [0.2, 0.25) is 11.6 Å². The quantitative estimate of drug-likeness (QED) is 0.144. The van der Waals surface area contributed by atoms with Gasteiger partial charge in [-0.3, -0.25) is 0 Å². The van der Waals surface area contributed by atoms with Crippen LogP contribution in [0.25, 0.3) is 0 Å². The second-order valence-electron chi connectivity index (χ2n) is 10.6. The van der Waals surface area contributed by atoms with Gasteiger partial charge in [-0.05, 0) is 16.7 Å². The third-order valence-electron chi connectivity index (χ3n) is 8.32. The first kappa shape index (κ1) is 30.7. The summed E-state index contributed by atoms with van der Waals surface area (Å²) in [6, 6.07) is 26.1. The zero-order valence-corrected chi connectivity index (χ0v) is 22.6. The van der Waals surface area contributed by atoms with Gasteiger partial charge in [-0.25, -0.2) is 0 Å². The molecular formula is C31H36O11. The summed E-state index contributed by atoms with van der Waals surface area (Å²) in [6.07, 6.45) is -12.5. The maximum atomic E-state index is 12.1. The summed E-state index contributed by atoms with van der Waals surface area (Å²) in [7, 11) is 0. The fourth-order valence-corrected chi connectivity index (χ4v) is 6.29. The molecule has 2 aliphatic rings. The van der Waals surface area contributed by atoms with Crippen LogP contribution in [0.1, 0.15) is 16.7 Å². The van der Waals surface area contributed by atoms with Crippen molar-refractivity contribution in [2.45, 2.75) is 59.7 Å². The van der Waals surface area contributed by atoms with E-state index >= 15 is 0 Å². The molecule has 0 saturated carbocycles. The van der Waals surface area contributed by atoms with E-state index in [1.165, 1.54) is 0 Å². The molecule has 0 bridgehead atoms. The van der Waals surface area contributed by atoms with Gasteiger partial charge in [0.1, 0.15) is 54.7 Å². The van der Waals surface area contributed by atoms with Crippen LogP contribution in [0.5, 0.6) is 0 Å². The molecule has 11 heteroatoms. The van der Waals surface area contributed by atoms with Gasteiger partial charge >= 0.3 is 0 Å². The number of aliphatic hydroxyl groups excluding tert-OH is 8. The van der Waals surface area contributed by atoms with Crippen molar-refractivity contribution in [3.05, 3.63) is 108 Å². The predicted molar refractivity (Wildman–Crippen MR) is 147 cm³/mol. The number of rotatable bonds is 9. The lowest BCUT2D eigenvalue weighted by Gasteiger charge is -2.59. The average molecular weight is 585 g/mol. The third kappa shape index (κ3) is 4.58. The molecule has 0 aliphatic carbocycles. The standard InChI is InChI=1S/C31H36O11/c32-16-22-24(35)26(37)28(39)31(41-22,42-29(18-34)27(38)25(36)23(17-33)40-29)30(19-10-4-1-5-11-19,20-12-6-2-7-13-20)21-14-8-3-9-15-21/h1-15,22-28,32-39H,16-18H2/t22-,23-,24-,25-,26+,27+,28-,29?,31-/m1/s1. The van der Waals surface area contributed by atoms with E-state index in [-0.39, 0.29) is 0 Å². The molecule has 2 aliphatic heterocycles. The van der Waals surface area contributed by atoms with Crippen LogP contribution in [-0.2, 0) is 19.6 Å². The van der Waals surface area contributed by atoms with Crippen molar-refractivity contribution in [2.24, 2.45) is 0 Å². The minimum absolute atomic E-state index is 0.460. The first-order valence-electron chi connectivity index (χ1n) is 13.7. The Hall–Kier alpha value is -2.78. The summed E-state index contributed by atoms with van der Waals surface area (Å²) < 4.78 is 18.7. The average Bonchev–Trinajstić information content (AvgIpc) is 3.28. The Morgan fingerprint density at radius 2 is 1.00 bits per heavy atom. The minimum Gasteiger partial charge on any atom is -0.394 e. The highest BCUT2D eigenvalue weighted by Crippen LogP contribution is 2.56. The molecule has 0 radical (unpaired) electrons. The largest absolute Gasteiger partial charge is 0.394 e. The fraction of sp³-hybridized carbons (Fsp3) is 0.419. The van der Waals surface area contributed by atoms with E-state index in [0.717, 1.165) is 0 Å². The zero-order valence-electron chi connectivity index (χ0n) is 22.6. The Bertz CT molecular complexity index is 1200. The molecule has 0 aromatic heterocycles. The topological polar surface area (TPSA) is 190 Å². The van der Waals surface area contributed by atoms with Gasteiger partial charge in [0.15, 0.2) is 0 Å². The second-order valence-corrected chi connectivity index (χ2v) is 10.6. The van der Waals surface area contributed by atoms with Crippen LogP contribution in [0.3, 0.4) is 0 Å². The van der Waals surface area contributed by atoms with Gasteiger partial charge < -0.3 is 55.1 Å². The summed E-state index contributed by atoms with van der Waals surface area (Å²) in [5.41, 5.74) is -0.386. The molecule has 2 heterocycles. The maximum absolute atomic E-state index is 12.1. The molecule has 2 saturated heterocycles. The third-order valence-corrected chi connectivity index (χ3v) is 8.32. The van der Waals surface area contributed by atoms with Crippen molar-refractivity contribution >= 4 is 0 Å². The molecular weight excluding hydrogens is 548 g/mol. The smallest absolute Gasteiger partial charge is 0.224 e. The molecule has 42 heavy (non-hydrogen) atoms. The Labute approximate surface area is 242 Å². The van der Waals surface area contributed by atoms with Crippen LogP contribution < -0.4 is 0 Å². The molecule has 1 unspecified atom stereocenters. The van der Waals surface area contributed by atoms with E-state index in [2.05, 4.69) is 0 Å². The molecule has 3 aromatic rings. The van der Waals surface area contributed by atoms with Crippen molar-refractivity contribution < 1.29 is 55.1 Å². The van der Waals surface area contributed by atoms with Crippen LogP contribution in [0.2, 0.25) is 0 Å². The molecule has 2 fully saturated rings. The Balaban J connectivity index is 1.92. The molecule has 9 atom stereocenters. The first-order chi connectivity index (χ1) is 20.2. The van der Waals surface area contributed by atoms with Crippen LogP contribution >= 0.6 is 0 Å². The van der Waals surface area contributed by atoms with Crippen molar-refractivity contribution in [3.63, 3.8) is 0 Å². The van der Waals surface area contributed by atoms with E-state index in [1.54, 1.807) is 91.0 Å². The van der Waals surface area contributed by atoms with E-state index < -0.39 is 79.5 Å². The van der Waals surface area contributed by atoms with Gasteiger partial charge in [-0.2, -0.15) is 0 Å². The number of aliphatic hydroxyl groups is 8. The lowest BCUT2D eigenvalue weighted by Crippen LogP contribution is -2.76. The van der Waals surface area contributed by atoms with Crippen LogP contribution in [0, 0.1) is 0 Å². The van der Waals surface area contributed by atoms with Crippen molar-refractivity contribution in [3.8, 4) is 0 Å². The summed E-state index contributed by atoms with van der Waals surface area (Å²) in [5.74, 6) is -5.10. The summed E-state index contributed by atoms with van der Waals surface area (Å²) >= 11 is 0. The van der Waals surface area contributed by atoms with Crippen molar-refractivity contribution in [1.29, 1.82) is 0 Å². The first-order valence-corrected chi connectivity index (χ1v) is 13.7. The number of hydrogen-bond donors (Lipinski definition) is 8. The second kappa shape index (κ2) is 12.1. The summed E-state index contributed by atoms with van der Waals surface area (Å²) in [4.78, 5) is 0. The number of ether oxygens (including phenoxy) is 3. The number of benzene rings is 3. The van der Waals surface area contributed by atoms with Gasteiger partial charge in [0, 0.05) is 0 Å². The summed E-state index contributed by atoms with van der Waals surface area (Å²) in [5, 5.41) is 86.9. The normalized spacial score (nSPS) is 35.3. The predicted octanol–water partition coefficient (Wildman–Crippen LogP) is -0.991. The highest BCUT2D eigenvalue weighted by molar-refractivity contribution is 5.54. The van der Waals surface area contributed by atoms with Crippen molar-refractivity contribution in [2.75, 3.05) is 19.8 Å². The molecule has 0 amide bonds. The highest BCUT2D eigenvalue weighted by atomic mass is 16.8. The zero-order chi connectivity index (χ0) is 30.1. The highest BCUT2D eigenvalue weighted by Gasteiger charge is 2.71. The summed E-state index contributed by atoms with van der Waals surface area (Å²) in [6.45, 7) is -2.65. The molecule has 0 spiro atoms. The van der Waals surface area contributed by atoms with Gasteiger partial charge in [-0.15, -0.1) is 0 Å². The van der Waals surface area contributed by atoms with Crippen LogP contribution in [0.4, 0.5) is 0 Å². The lowest BCUT2D eigenvalue weighted by atomic mass is 9.60. The van der Waals surface area contributed by atoms with E-state index in [1.807, 2.05) is 0 Å². The van der Waals surface area contributed by atoms with Crippen LogP contribution in [-0.4, -0.2) is 115 Å². The molecule has 5 rings (SSSR count). The Morgan fingerprint density at radius 1 is 0.571 bits per heavy atom. The fourth-order valence-electron chi connectivity index (χ4n) is 6.29. The Morgan fingerprint density at radius 3 is 1.38 bits per heavy atom.